The summed E-state index contributed by atoms with van der Waals surface area (Å²) in [7, 11) is 0. The summed E-state index contributed by atoms with van der Waals surface area (Å²) in [5.41, 5.74) is 7.73. The molecule has 0 aliphatic heterocycles. The zero-order valence-electron chi connectivity index (χ0n) is 18.8. The van der Waals surface area contributed by atoms with E-state index >= 15 is 0 Å². The van der Waals surface area contributed by atoms with Gasteiger partial charge < -0.3 is 30.6 Å². The highest BCUT2D eigenvalue weighted by Crippen LogP contribution is 2.31. The number of rotatable bonds is 10. The van der Waals surface area contributed by atoms with Crippen molar-refractivity contribution in [2.75, 3.05) is 6.61 Å². The van der Waals surface area contributed by atoms with Gasteiger partial charge in [-0.2, -0.15) is 0 Å². The van der Waals surface area contributed by atoms with Crippen LogP contribution in [-0.4, -0.2) is 39.5 Å². The second kappa shape index (κ2) is 11.3. The number of primary amides is 1. The Kier molecular flexibility index (Phi) is 7.94. The normalized spacial score (nSPS) is 11.8. The Morgan fingerprint density at radius 2 is 1.81 bits per heavy atom. The topological polar surface area (TPSA) is 140 Å². The number of amides is 2. The molecule has 1 unspecified atom stereocenters. The van der Waals surface area contributed by atoms with Gasteiger partial charge in [-0.05, 0) is 42.5 Å². The van der Waals surface area contributed by atoms with Gasteiger partial charge in [-0.15, -0.1) is 0 Å². The molecule has 2 amide bonds. The molecule has 0 fully saturated rings. The van der Waals surface area contributed by atoms with Crippen LogP contribution in [0.3, 0.4) is 0 Å². The minimum Gasteiger partial charge on any atom is -0.485 e. The molecular formula is C25H22Cl2N4O5. The number of para-hydroxylation sites is 2. The molecule has 9 nitrogen and oxygen atoms in total. The number of aromatic nitrogens is 2. The third kappa shape index (κ3) is 6.06. The number of benzene rings is 3. The number of fused-ring (bicyclic) bond motifs is 1. The first-order chi connectivity index (χ1) is 17.3. The molecule has 3 aromatic carbocycles. The fourth-order valence-corrected chi connectivity index (χ4v) is 3.81. The van der Waals surface area contributed by atoms with Crippen LogP contribution >= 0.6 is 23.2 Å². The molecule has 0 saturated heterocycles. The van der Waals surface area contributed by atoms with E-state index in [9.17, 15) is 14.7 Å². The molecule has 0 aliphatic rings. The van der Waals surface area contributed by atoms with E-state index in [1.165, 1.54) is 12.1 Å². The zero-order valence-corrected chi connectivity index (χ0v) is 20.3. The molecule has 1 aromatic heterocycles. The van der Waals surface area contributed by atoms with Gasteiger partial charge in [0.1, 0.15) is 25.1 Å². The number of H-pyrrole nitrogens is 1. The first-order valence-corrected chi connectivity index (χ1v) is 11.6. The van der Waals surface area contributed by atoms with Gasteiger partial charge in [-0.1, -0.05) is 41.4 Å². The summed E-state index contributed by atoms with van der Waals surface area (Å²) in [6.45, 7) is -0.437. The maximum Gasteiger partial charge on any atom is 0.252 e. The van der Waals surface area contributed by atoms with E-state index in [2.05, 4.69) is 15.3 Å². The number of nitrogens with one attached hydrogen (secondary N) is 2. The Balaban J connectivity index is 1.57. The molecule has 0 spiro atoms. The van der Waals surface area contributed by atoms with Crippen LogP contribution in [-0.2, 0) is 18.0 Å². The van der Waals surface area contributed by atoms with Crippen molar-refractivity contribution in [2.24, 2.45) is 5.73 Å². The number of aromatic amines is 1. The van der Waals surface area contributed by atoms with Crippen LogP contribution in [0.5, 0.6) is 11.5 Å². The molecule has 0 bridgehead atoms. The van der Waals surface area contributed by atoms with Gasteiger partial charge >= 0.3 is 0 Å². The summed E-state index contributed by atoms with van der Waals surface area (Å²) in [6, 6.07) is 15.9. The summed E-state index contributed by atoms with van der Waals surface area (Å²) in [6.07, 6.45) is 0. The minimum absolute atomic E-state index is 0.0720. The van der Waals surface area contributed by atoms with E-state index in [0.29, 0.717) is 27.2 Å². The number of ether oxygens (including phenoxy) is 2. The fourth-order valence-electron chi connectivity index (χ4n) is 3.34. The standard InChI is InChI=1S/C25H22Cl2N4O5/c26-16-7-5-15(17(27)10-16)12-35-22-9-14(25(34)31-20(11-32)24(28)33)6-8-21(22)36-13-23-29-18-3-1-2-4-19(18)30-23/h1-10,20,32H,11-13H2,(H2,28,33)(H,29,30)(H,31,34). The highest BCUT2D eigenvalue weighted by Gasteiger charge is 2.20. The number of carbonyl (C=O) groups is 2. The number of nitrogens with two attached hydrogens (primary N) is 1. The fraction of sp³-hybridized carbons (Fsp3) is 0.160. The lowest BCUT2D eigenvalue weighted by atomic mass is 10.1. The molecular weight excluding hydrogens is 507 g/mol. The van der Waals surface area contributed by atoms with Gasteiger partial charge in [0.15, 0.2) is 11.5 Å². The van der Waals surface area contributed by atoms with Gasteiger partial charge in [0.05, 0.1) is 17.6 Å². The van der Waals surface area contributed by atoms with E-state index in [1.54, 1.807) is 24.3 Å². The van der Waals surface area contributed by atoms with Gasteiger partial charge in [-0.25, -0.2) is 4.98 Å². The summed E-state index contributed by atoms with van der Waals surface area (Å²) >= 11 is 12.2. The number of halogens is 2. The highest BCUT2D eigenvalue weighted by molar-refractivity contribution is 6.35. The smallest absolute Gasteiger partial charge is 0.252 e. The van der Waals surface area contributed by atoms with Crippen LogP contribution in [0.25, 0.3) is 11.0 Å². The third-order valence-electron chi connectivity index (χ3n) is 5.24. The molecule has 0 aliphatic carbocycles. The van der Waals surface area contributed by atoms with Crippen molar-refractivity contribution < 1.29 is 24.2 Å². The second-order valence-electron chi connectivity index (χ2n) is 7.79. The maximum atomic E-state index is 12.6. The van der Waals surface area contributed by atoms with Crippen molar-refractivity contribution in [3.63, 3.8) is 0 Å². The molecule has 1 atom stereocenters. The average molecular weight is 529 g/mol. The Labute approximate surface area is 216 Å². The summed E-state index contributed by atoms with van der Waals surface area (Å²) in [5, 5.41) is 12.6. The molecule has 0 saturated carbocycles. The SMILES string of the molecule is NC(=O)C(CO)NC(=O)c1ccc(OCc2nc3ccccc3[nH]2)c(OCc2ccc(Cl)cc2Cl)c1. The number of nitrogens with zero attached hydrogens (tertiary/aromatic N) is 1. The quantitative estimate of drug-likeness (QED) is 0.248. The second-order valence-corrected chi connectivity index (χ2v) is 8.63. The number of carbonyl (C=O) groups excluding carboxylic acids is 2. The van der Waals surface area contributed by atoms with Crippen molar-refractivity contribution in [3.05, 3.63) is 87.7 Å². The predicted molar refractivity (Wildman–Crippen MR) is 135 cm³/mol. The first-order valence-electron chi connectivity index (χ1n) is 10.8. The lowest BCUT2D eigenvalue weighted by Crippen LogP contribution is -2.46. The predicted octanol–water partition coefficient (Wildman–Crippen LogP) is 3.60. The summed E-state index contributed by atoms with van der Waals surface area (Å²) in [4.78, 5) is 31.7. The van der Waals surface area contributed by atoms with Crippen LogP contribution in [0.1, 0.15) is 21.7 Å². The van der Waals surface area contributed by atoms with Crippen molar-refractivity contribution in [2.45, 2.75) is 19.3 Å². The number of hydrogen-bond donors (Lipinski definition) is 4. The largest absolute Gasteiger partial charge is 0.485 e. The van der Waals surface area contributed by atoms with Crippen molar-refractivity contribution in [1.29, 1.82) is 0 Å². The molecule has 36 heavy (non-hydrogen) atoms. The van der Waals surface area contributed by atoms with E-state index < -0.39 is 24.5 Å². The monoisotopic (exact) mass is 528 g/mol. The van der Waals surface area contributed by atoms with Crippen LogP contribution in [0.2, 0.25) is 10.0 Å². The van der Waals surface area contributed by atoms with Gasteiger partial charge in [0.2, 0.25) is 5.91 Å². The number of aliphatic hydroxyl groups is 1. The van der Waals surface area contributed by atoms with E-state index in [-0.39, 0.29) is 24.5 Å². The Morgan fingerprint density at radius 3 is 2.53 bits per heavy atom. The van der Waals surface area contributed by atoms with E-state index in [0.717, 1.165) is 11.0 Å². The zero-order chi connectivity index (χ0) is 25.7. The highest BCUT2D eigenvalue weighted by atomic mass is 35.5. The number of imidazole rings is 1. The molecule has 4 aromatic rings. The average Bonchev–Trinajstić information content (AvgIpc) is 3.28. The Bertz CT molecular complexity index is 1380. The lowest BCUT2D eigenvalue weighted by Gasteiger charge is -2.16. The lowest BCUT2D eigenvalue weighted by molar-refractivity contribution is -0.120. The van der Waals surface area contributed by atoms with Crippen molar-refractivity contribution in [1.82, 2.24) is 15.3 Å². The van der Waals surface area contributed by atoms with Gasteiger partial charge in [0.25, 0.3) is 5.91 Å². The van der Waals surface area contributed by atoms with Crippen molar-refractivity contribution >= 4 is 46.0 Å². The Morgan fingerprint density at radius 1 is 1.03 bits per heavy atom. The number of hydrogen-bond acceptors (Lipinski definition) is 6. The minimum atomic E-state index is -1.22. The Hall–Kier alpha value is -3.79. The molecule has 5 N–H and O–H groups in total. The van der Waals surface area contributed by atoms with Crippen LogP contribution in [0.4, 0.5) is 0 Å². The van der Waals surface area contributed by atoms with Crippen LogP contribution < -0.4 is 20.5 Å². The van der Waals surface area contributed by atoms with E-state index in [1.807, 2.05) is 24.3 Å². The number of aliphatic hydroxyl groups excluding tert-OH is 1. The molecule has 1 heterocycles. The van der Waals surface area contributed by atoms with Crippen molar-refractivity contribution in [3.8, 4) is 11.5 Å². The van der Waals surface area contributed by atoms with Gasteiger partial charge in [-0.3, -0.25) is 9.59 Å². The third-order valence-corrected chi connectivity index (χ3v) is 5.83. The molecule has 0 radical (unpaired) electrons. The maximum absolute atomic E-state index is 12.6. The molecule has 4 rings (SSSR count). The van der Waals surface area contributed by atoms with E-state index in [4.69, 9.17) is 38.4 Å². The van der Waals surface area contributed by atoms with Gasteiger partial charge in [0, 0.05) is 21.2 Å². The summed E-state index contributed by atoms with van der Waals surface area (Å²) in [5.74, 6) is -0.261. The first kappa shape index (κ1) is 25.3. The summed E-state index contributed by atoms with van der Waals surface area (Å²) < 4.78 is 11.9. The van der Waals surface area contributed by atoms with Crippen LogP contribution in [0, 0.1) is 0 Å². The molecule has 11 heteroatoms. The van der Waals surface area contributed by atoms with Crippen LogP contribution in [0.15, 0.2) is 60.7 Å². The molecule has 186 valence electrons.